The van der Waals surface area contributed by atoms with Crippen molar-refractivity contribution in [3.63, 3.8) is 0 Å². The molecule has 1 spiro atoms. The summed E-state index contributed by atoms with van der Waals surface area (Å²) >= 11 is 0. The third-order valence-corrected chi connectivity index (χ3v) is 9.65. The molecule has 0 unspecified atom stereocenters. The Kier molecular flexibility index (Phi) is 9.86. The predicted molar refractivity (Wildman–Crippen MR) is 193 cm³/mol. The van der Waals surface area contributed by atoms with Crippen LogP contribution in [0.5, 0.6) is 5.88 Å². The molecule has 254 valence electrons. The van der Waals surface area contributed by atoms with E-state index in [2.05, 4.69) is 26.3 Å². The van der Waals surface area contributed by atoms with Crippen LogP contribution in [0.15, 0.2) is 71.9 Å². The Morgan fingerprint density at radius 1 is 1.08 bits per heavy atom. The number of aliphatic imine (C=N–C) groups is 1. The summed E-state index contributed by atoms with van der Waals surface area (Å²) in [6, 6.07) is 16.7. The molecule has 2 amide bonds. The van der Waals surface area contributed by atoms with E-state index < -0.39 is 5.41 Å². The number of nitrogen functional groups attached to an aromatic ring is 1. The van der Waals surface area contributed by atoms with Crippen molar-refractivity contribution in [1.29, 1.82) is 10.8 Å². The molecule has 1 atom stereocenters. The van der Waals surface area contributed by atoms with Gasteiger partial charge < -0.3 is 25.6 Å². The van der Waals surface area contributed by atoms with Gasteiger partial charge in [0.2, 0.25) is 17.7 Å². The number of aromatic nitrogens is 1. The van der Waals surface area contributed by atoms with Crippen LogP contribution in [0.25, 0.3) is 5.57 Å². The lowest BCUT2D eigenvalue weighted by atomic mass is 9.85. The zero-order valence-electron chi connectivity index (χ0n) is 28.0. The number of pyridine rings is 1. The summed E-state index contributed by atoms with van der Waals surface area (Å²) in [7, 11) is 1.74. The number of carbonyl (C=O) groups is 2. The maximum Gasteiger partial charge on any atom is 0.237 e. The van der Waals surface area contributed by atoms with Crippen LogP contribution in [0, 0.1) is 16.2 Å². The number of nitrogens with one attached hydrogen (secondary N) is 3. The quantitative estimate of drug-likeness (QED) is 0.146. The van der Waals surface area contributed by atoms with Crippen LogP contribution in [-0.4, -0.2) is 97.4 Å². The minimum absolute atomic E-state index is 0.0629. The number of carbonyl (C=O) groups excluding carboxylic acids is 2. The highest BCUT2D eigenvalue weighted by atomic mass is 16.5. The molecule has 0 bridgehead atoms. The smallest absolute Gasteiger partial charge is 0.237 e. The molecule has 4 heterocycles. The molecule has 0 radical (unpaired) electrons. The Morgan fingerprint density at radius 3 is 2.55 bits per heavy atom. The molecule has 5 N–H and O–H groups in total. The van der Waals surface area contributed by atoms with E-state index in [0.717, 1.165) is 23.2 Å². The molecule has 0 saturated carbocycles. The van der Waals surface area contributed by atoms with Crippen molar-refractivity contribution in [2.24, 2.45) is 10.4 Å². The Bertz CT molecular complexity index is 1800. The summed E-state index contributed by atoms with van der Waals surface area (Å²) in [6.07, 6.45) is 7.38. The first-order valence-corrected chi connectivity index (χ1v) is 16.7. The second-order valence-electron chi connectivity index (χ2n) is 12.7. The average Bonchev–Trinajstić information content (AvgIpc) is 3.69. The van der Waals surface area contributed by atoms with Gasteiger partial charge in [-0.1, -0.05) is 30.3 Å². The van der Waals surface area contributed by atoms with Crippen LogP contribution in [0.1, 0.15) is 48.4 Å². The van der Waals surface area contributed by atoms with Gasteiger partial charge in [-0.25, -0.2) is 9.98 Å². The topological polar surface area (TPSA) is 164 Å². The minimum atomic E-state index is -0.524. The van der Waals surface area contributed by atoms with Gasteiger partial charge >= 0.3 is 0 Å². The first-order chi connectivity index (χ1) is 23.7. The summed E-state index contributed by atoms with van der Waals surface area (Å²) in [6.45, 7) is 5.71. The van der Waals surface area contributed by atoms with E-state index in [-0.39, 0.29) is 23.4 Å². The van der Waals surface area contributed by atoms with Crippen molar-refractivity contribution < 1.29 is 14.3 Å². The van der Waals surface area contributed by atoms with Gasteiger partial charge in [0.25, 0.3) is 0 Å². The fourth-order valence-electron chi connectivity index (χ4n) is 6.88. The van der Waals surface area contributed by atoms with Crippen molar-refractivity contribution in [1.82, 2.24) is 20.1 Å². The van der Waals surface area contributed by atoms with E-state index in [1.54, 1.807) is 36.3 Å². The van der Waals surface area contributed by atoms with Gasteiger partial charge in [0.05, 0.1) is 30.6 Å². The fraction of sp³-hybridized carbons (Fsp3) is 0.351. The Hall–Kier alpha value is -5.36. The van der Waals surface area contributed by atoms with Gasteiger partial charge in [0.1, 0.15) is 0 Å². The van der Waals surface area contributed by atoms with Crippen LogP contribution in [0.3, 0.4) is 0 Å². The highest BCUT2D eigenvalue weighted by Crippen LogP contribution is 2.43. The van der Waals surface area contributed by atoms with Crippen LogP contribution in [0.4, 0.5) is 11.4 Å². The zero-order valence-corrected chi connectivity index (χ0v) is 28.0. The number of ether oxygens (including phenoxy) is 1. The third-order valence-electron chi connectivity index (χ3n) is 9.65. The number of benzene rings is 2. The molecular weight excluding hydrogens is 618 g/mol. The molecule has 12 heteroatoms. The SMILES string of the molecule is CCOc1ccc(C(=N)c2cc(N3CC[C@]4(CCN(CC(=O)N5CC=C(c6ccc(C(=N)/N=C\NC)cc6)CC5)C4)C3=O)ccc2N)cn1. The molecular formula is C37H43N9O3. The van der Waals surface area contributed by atoms with Crippen LogP contribution >= 0.6 is 0 Å². The van der Waals surface area contributed by atoms with Crippen LogP contribution in [0.2, 0.25) is 0 Å². The number of rotatable bonds is 10. The third kappa shape index (κ3) is 7.09. The number of hydrogen-bond acceptors (Lipinski definition) is 8. The standard InChI is InChI=1S/C37H43N9O3/c1-3-49-32-11-8-28(21-42-32)34(39)30-20-29(9-10-31(30)38)46-19-15-37(36(46)48)14-18-44(23-37)22-33(47)45-16-12-26(13-17-45)25-4-6-27(7-5-25)35(40)43-24-41-2/h4-12,20-21,24,39H,3,13-19,22-23,38H2,1-2H3,(H2,40,41,43)/t37-/m0/s1. The lowest BCUT2D eigenvalue weighted by molar-refractivity contribution is -0.132. The van der Waals surface area contributed by atoms with Gasteiger partial charge in [-0.15, -0.1) is 0 Å². The van der Waals surface area contributed by atoms with Crippen LogP contribution in [-0.2, 0) is 9.59 Å². The van der Waals surface area contributed by atoms with Crippen molar-refractivity contribution in [2.45, 2.75) is 26.2 Å². The molecule has 12 nitrogen and oxygen atoms in total. The molecule has 2 fully saturated rings. The molecule has 2 aromatic carbocycles. The van der Waals surface area contributed by atoms with Crippen molar-refractivity contribution in [3.05, 3.63) is 89.1 Å². The summed E-state index contributed by atoms with van der Waals surface area (Å²) < 4.78 is 5.42. The molecule has 1 aromatic heterocycles. The molecule has 49 heavy (non-hydrogen) atoms. The van der Waals surface area contributed by atoms with Gasteiger partial charge in [-0.3, -0.25) is 25.3 Å². The van der Waals surface area contributed by atoms with Gasteiger partial charge in [-0.05, 0) is 68.1 Å². The van der Waals surface area contributed by atoms with Crippen molar-refractivity contribution in [3.8, 4) is 5.88 Å². The van der Waals surface area contributed by atoms with E-state index in [9.17, 15) is 9.59 Å². The fourth-order valence-corrected chi connectivity index (χ4v) is 6.88. The van der Waals surface area contributed by atoms with Crippen molar-refractivity contribution in [2.75, 3.05) is 63.6 Å². The predicted octanol–water partition coefficient (Wildman–Crippen LogP) is 3.80. The number of hydrogen-bond donors (Lipinski definition) is 4. The summed E-state index contributed by atoms with van der Waals surface area (Å²) in [5, 5.41) is 19.7. The second-order valence-corrected chi connectivity index (χ2v) is 12.7. The first kappa shape index (κ1) is 33.5. The summed E-state index contributed by atoms with van der Waals surface area (Å²) in [4.78, 5) is 41.4. The second kappa shape index (κ2) is 14.4. The van der Waals surface area contributed by atoms with E-state index >= 15 is 0 Å². The zero-order chi connectivity index (χ0) is 34.5. The number of anilines is 2. The summed E-state index contributed by atoms with van der Waals surface area (Å²) in [5.41, 5.74) is 11.3. The highest BCUT2D eigenvalue weighted by molar-refractivity contribution is 6.14. The number of amidine groups is 1. The molecule has 6 rings (SSSR count). The largest absolute Gasteiger partial charge is 0.478 e. The number of amides is 2. The molecule has 2 saturated heterocycles. The van der Waals surface area contributed by atoms with Crippen molar-refractivity contribution >= 4 is 46.6 Å². The average molecular weight is 662 g/mol. The summed E-state index contributed by atoms with van der Waals surface area (Å²) in [5.74, 6) is 0.830. The molecule has 3 aliphatic heterocycles. The Balaban J connectivity index is 1.05. The molecule has 3 aliphatic rings. The van der Waals surface area contributed by atoms with E-state index in [1.165, 1.54) is 11.9 Å². The monoisotopic (exact) mass is 661 g/mol. The number of nitrogens with zero attached hydrogens (tertiary/aromatic N) is 5. The Morgan fingerprint density at radius 2 is 1.86 bits per heavy atom. The van der Waals surface area contributed by atoms with Crippen LogP contribution < -0.4 is 20.7 Å². The molecule has 0 aliphatic carbocycles. The highest BCUT2D eigenvalue weighted by Gasteiger charge is 2.51. The van der Waals surface area contributed by atoms with Gasteiger partial charge in [0.15, 0.2) is 5.84 Å². The lowest BCUT2D eigenvalue weighted by Gasteiger charge is -2.29. The van der Waals surface area contributed by atoms with E-state index in [4.69, 9.17) is 21.3 Å². The number of likely N-dealkylation sites (tertiary alicyclic amines) is 1. The first-order valence-electron chi connectivity index (χ1n) is 16.7. The van der Waals surface area contributed by atoms with E-state index in [0.29, 0.717) is 81.4 Å². The Labute approximate surface area is 286 Å². The van der Waals surface area contributed by atoms with E-state index in [1.807, 2.05) is 48.2 Å². The van der Waals surface area contributed by atoms with Gasteiger partial charge in [0, 0.05) is 73.6 Å². The lowest BCUT2D eigenvalue weighted by Crippen LogP contribution is -2.43. The minimum Gasteiger partial charge on any atom is -0.478 e. The number of nitrogens with two attached hydrogens (primary N) is 1. The molecule has 3 aromatic rings. The maximum absolute atomic E-state index is 13.9. The maximum atomic E-state index is 13.9. The normalized spacial score (nSPS) is 19.5. The van der Waals surface area contributed by atoms with Gasteiger partial charge in [-0.2, -0.15) is 0 Å².